The Kier molecular flexibility index (Phi) is 3.95. The van der Waals surface area contributed by atoms with Crippen molar-refractivity contribution in [3.05, 3.63) is 44.3 Å². The zero-order valence-corrected chi connectivity index (χ0v) is 12.4. The third-order valence-electron chi connectivity index (χ3n) is 3.27. The fourth-order valence-electron chi connectivity index (χ4n) is 2.17. The van der Waals surface area contributed by atoms with Crippen molar-refractivity contribution < 1.29 is 14.8 Å². The van der Waals surface area contributed by atoms with E-state index in [0.29, 0.717) is 16.9 Å². The molecule has 110 valence electrons. The summed E-state index contributed by atoms with van der Waals surface area (Å²) in [5.74, 6) is -1.08. The standard InChI is InChI=1S/C14H14N2O4S/c1-3-9-11(15)13(14(17)18)21-12(9)10-6-8(16(19)20)5-4-7(10)2/h4-6H,3,15H2,1-2H3,(H,17,18). The van der Waals surface area contributed by atoms with E-state index in [1.807, 2.05) is 13.8 Å². The predicted molar refractivity (Wildman–Crippen MR) is 81.9 cm³/mol. The van der Waals surface area contributed by atoms with E-state index >= 15 is 0 Å². The first-order chi connectivity index (χ1) is 9.86. The monoisotopic (exact) mass is 306 g/mol. The lowest BCUT2D eigenvalue weighted by Gasteiger charge is -2.06. The van der Waals surface area contributed by atoms with Gasteiger partial charge in [0.1, 0.15) is 4.88 Å². The van der Waals surface area contributed by atoms with E-state index in [4.69, 9.17) is 5.73 Å². The van der Waals surface area contributed by atoms with Crippen molar-refractivity contribution in [3.8, 4) is 10.4 Å². The van der Waals surface area contributed by atoms with Crippen molar-refractivity contribution in [1.82, 2.24) is 0 Å². The van der Waals surface area contributed by atoms with E-state index < -0.39 is 10.9 Å². The van der Waals surface area contributed by atoms with Crippen LogP contribution in [0, 0.1) is 17.0 Å². The van der Waals surface area contributed by atoms with Crippen LogP contribution in [0.15, 0.2) is 18.2 Å². The van der Waals surface area contributed by atoms with Crippen LogP contribution in [0.1, 0.15) is 27.7 Å². The molecule has 0 saturated heterocycles. The first kappa shape index (κ1) is 15.0. The second kappa shape index (κ2) is 5.53. The van der Waals surface area contributed by atoms with Gasteiger partial charge in [0.25, 0.3) is 5.69 Å². The molecule has 0 unspecified atom stereocenters. The number of aryl methyl sites for hydroxylation is 1. The fourth-order valence-corrected chi connectivity index (χ4v) is 3.41. The van der Waals surface area contributed by atoms with Gasteiger partial charge in [0.15, 0.2) is 0 Å². The Hall–Kier alpha value is -2.41. The molecule has 1 heterocycles. The normalized spacial score (nSPS) is 10.6. The molecule has 0 spiro atoms. The third-order valence-corrected chi connectivity index (χ3v) is 4.54. The van der Waals surface area contributed by atoms with E-state index in [-0.39, 0.29) is 16.3 Å². The number of nitro benzene ring substituents is 1. The molecule has 2 aromatic rings. The number of carbonyl (C=O) groups is 1. The highest BCUT2D eigenvalue weighted by atomic mass is 32.1. The van der Waals surface area contributed by atoms with Gasteiger partial charge in [-0.1, -0.05) is 13.0 Å². The number of carboxylic acid groups (broad SMARTS) is 1. The minimum Gasteiger partial charge on any atom is -0.477 e. The van der Waals surface area contributed by atoms with Crippen molar-refractivity contribution in [2.24, 2.45) is 0 Å². The van der Waals surface area contributed by atoms with Gasteiger partial charge in [-0.15, -0.1) is 11.3 Å². The average molecular weight is 306 g/mol. The number of non-ortho nitro benzene ring substituents is 1. The largest absolute Gasteiger partial charge is 0.477 e. The minimum atomic E-state index is -1.08. The summed E-state index contributed by atoms with van der Waals surface area (Å²) in [4.78, 5) is 22.4. The second-order valence-corrected chi connectivity index (χ2v) is 5.59. The molecule has 0 bridgehead atoms. The van der Waals surface area contributed by atoms with Gasteiger partial charge < -0.3 is 10.8 Å². The van der Waals surface area contributed by atoms with E-state index in [0.717, 1.165) is 22.5 Å². The fraction of sp³-hybridized carbons (Fsp3) is 0.214. The predicted octanol–water partition coefficient (Wildman–Crippen LogP) is 3.47. The minimum absolute atomic E-state index is 0.0264. The Morgan fingerprint density at radius 2 is 2.14 bits per heavy atom. The molecule has 1 aromatic heterocycles. The van der Waals surface area contributed by atoms with Crippen LogP contribution in [0.25, 0.3) is 10.4 Å². The van der Waals surface area contributed by atoms with Crippen LogP contribution in [0.4, 0.5) is 11.4 Å². The lowest BCUT2D eigenvalue weighted by Crippen LogP contribution is -1.99. The Bertz CT molecular complexity index is 737. The summed E-state index contributed by atoms with van der Waals surface area (Å²) >= 11 is 1.06. The van der Waals surface area contributed by atoms with Gasteiger partial charge in [-0.3, -0.25) is 10.1 Å². The summed E-state index contributed by atoms with van der Waals surface area (Å²) < 4.78 is 0. The van der Waals surface area contributed by atoms with Crippen molar-refractivity contribution >= 4 is 28.7 Å². The van der Waals surface area contributed by atoms with Gasteiger partial charge in [-0.25, -0.2) is 4.79 Å². The Balaban J connectivity index is 2.72. The van der Waals surface area contributed by atoms with Crippen LogP contribution in [0.3, 0.4) is 0 Å². The molecule has 0 saturated carbocycles. The number of anilines is 1. The van der Waals surface area contributed by atoms with Crippen LogP contribution < -0.4 is 5.73 Å². The maximum absolute atomic E-state index is 11.2. The molecule has 1 aromatic carbocycles. The van der Waals surface area contributed by atoms with E-state index in [1.165, 1.54) is 12.1 Å². The number of thiophene rings is 1. The quantitative estimate of drug-likeness (QED) is 0.664. The van der Waals surface area contributed by atoms with Gasteiger partial charge in [0.2, 0.25) is 0 Å². The van der Waals surface area contributed by atoms with Crippen LogP contribution in [0.5, 0.6) is 0 Å². The molecule has 0 atom stereocenters. The molecular formula is C14H14N2O4S. The molecule has 7 heteroatoms. The summed E-state index contributed by atoms with van der Waals surface area (Å²) in [6.45, 7) is 3.70. The zero-order chi connectivity index (χ0) is 15.7. The van der Waals surface area contributed by atoms with Crippen molar-refractivity contribution in [2.75, 3.05) is 5.73 Å². The maximum Gasteiger partial charge on any atom is 0.348 e. The Labute approximate surface area is 125 Å². The van der Waals surface area contributed by atoms with Crippen LogP contribution >= 0.6 is 11.3 Å². The van der Waals surface area contributed by atoms with E-state index in [9.17, 15) is 20.0 Å². The van der Waals surface area contributed by atoms with Gasteiger partial charge in [-0.2, -0.15) is 0 Å². The van der Waals surface area contributed by atoms with Crippen LogP contribution in [-0.4, -0.2) is 16.0 Å². The first-order valence-electron chi connectivity index (χ1n) is 6.26. The summed E-state index contributed by atoms with van der Waals surface area (Å²) in [7, 11) is 0. The highest BCUT2D eigenvalue weighted by molar-refractivity contribution is 7.18. The molecule has 0 amide bonds. The summed E-state index contributed by atoms with van der Waals surface area (Å²) in [6.07, 6.45) is 0.563. The molecule has 0 radical (unpaired) electrons. The number of aromatic carboxylic acids is 1. The van der Waals surface area contributed by atoms with Crippen molar-refractivity contribution in [3.63, 3.8) is 0 Å². The second-order valence-electron chi connectivity index (χ2n) is 4.57. The zero-order valence-electron chi connectivity index (χ0n) is 11.5. The number of hydrogen-bond acceptors (Lipinski definition) is 5. The van der Waals surface area contributed by atoms with Gasteiger partial charge in [0, 0.05) is 22.6 Å². The number of nitrogen functional groups attached to an aromatic ring is 1. The smallest absolute Gasteiger partial charge is 0.348 e. The number of hydrogen-bond donors (Lipinski definition) is 2. The Morgan fingerprint density at radius 3 is 2.67 bits per heavy atom. The number of nitro groups is 1. The van der Waals surface area contributed by atoms with Crippen LogP contribution in [0.2, 0.25) is 0 Å². The molecule has 0 aliphatic carbocycles. The molecule has 0 fully saturated rings. The third kappa shape index (κ3) is 2.59. The molecule has 2 rings (SSSR count). The summed E-state index contributed by atoms with van der Waals surface area (Å²) in [6, 6.07) is 4.55. The molecule has 6 nitrogen and oxygen atoms in total. The number of rotatable bonds is 4. The Morgan fingerprint density at radius 1 is 1.48 bits per heavy atom. The lowest BCUT2D eigenvalue weighted by atomic mass is 10.0. The van der Waals surface area contributed by atoms with E-state index in [2.05, 4.69) is 0 Å². The molecule has 21 heavy (non-hydrogen) atoms. The molecule has 3 N–H and O–H groups in total. The number of benzene rings is 1. The number of nitrogens with zero attached hydrogens (tertiary/aromatic N) is 1. The summed E-state index contributed by atoms with van der Waals surface area (Å²) in [5.41, 5.74) is 8.34. The highest BCUT2D eigenvalue weighted by Gasteiger charge is 2.22. The maximum atomic E-state index is 11.2. The molecular weight excluding hydrogens is 292 g/mol. The number of nitrogens with two attached hydrogens (primary N) is 1. The topological polar surface area (TPSA) is 106 Å². The highest BCUT2D eigenvalue weighted by Crippen LogP contribution is 2.41. The SMILES string of the molecule is CCc1c(-c2cc([N+](=O)[O-])ccc2C)sc(C(=O)O)c1N. The average Bonchev–Trinajstić information content (AvgIpc) is 2.75. The first-order valence-corrected chi connectivity index (χ1v) is 7.08. The summed E-state index contributed by atoms with van der Waals surface area (Å²) in [5, 5.41) is 20.1. The van der Waals surface area contributed by atoms with Gasteiger partial charge in [0.05, 0.1) is 10.6 Å². The number of carboxylic acids is 1. The van der Waals surface area contributed by atoms with E-state index in [1.54, 1.807) is 6.07 Å². The van der Waals surface area contributed by atoms with Crippen LogP contribution in [-0.2, 0) is 6.42 Å². The van der Waals surface area contributed by atoms with Crippen molar-refractivity contribution in [1.29, 1.82) is 0 Å². The van der Waals surface area contributed by atoms with Gasteiger partial charge >= 0.3 is 5.97 Å². The van der Waals surface area contributed by atoms with Gasteiger partial charge in [-0.05, 0) is 24.5 Å². The van der Waals surface area contributed by atoms with Crippen molar-refractivity contribution in [2.45, 2.75) is 20.3 Å². The lowest BCUT2D eigenvalue weighted by molar-refractivity contribution is -0.384. The molecule has 0 aliphatic heterocycles. The molecule has 0 aliphatic rings.